The largest absolute Gasteiger partial charge is 0.493 e. The zero-order valence-corrected chi connectivity index (χ0v) is 13.1. The first kappa shape index (κ1) is 13.8. The van der Waals surface area contributed by atoms with Gasteiger partial charge < -0.3 is 9.47 Å². The summed E-state index contributed by atoms with van der Waals surface area (Å²) in [4.78, 5) is 4.13. The van der Waals surface area contributed by atoms with Crippen LogP contribution < -0.4 is 9.47 Å². The molecular weight excluding hydrogens is 334 g/mol. The second-order valence-electron chi connectivity index (χ2n) is 4.35. The molecular formula is C15H12BrN3O2. The topological polar surface area (TPSA) is 57.1 Å². The summed E-state index contributed by atoms with van der Waals surface area (Å²) in [5.74, 6) is 1.33. The molecule has 0 aliphatic carbocycles. The van der Waals surface area contributed by atoms with Crippen molar-refractivity contribution in [1.82, 2.24) is 15.2 Å². The van der Waals surface area contributed by atoms with Gasteiger partial charge in [-0.25, -0.2) is 4.98 Å². The molecule has 1 aromatic carbocycles. The predicted molar refractivity (Wildman–Crippen MR) is 83.6 cm³/mol. The van der Waals surface area contributed by atoms with E-state index < -0.39 is 0 Å². The molecule has 0 fully saturated rings. The SMILES string of the molecule is COc1cc2cnnc(-c3ccnc(Br)c3)c2cc1OC. The summed E-state index contributed by atoms with van der Waals surface area (Å²) in [6.07, 6.45) is 3.43. The maximum atomic E-state index is 5.36. The van der Waals surface area contributed by atoms with Crippen LogP contribution in [0, 0.1) is 0 Å². The number of aromatic nitrogens is 3. The zero-order valence-electron chi connectivity index (χ0n) is 11.5. The van der Waals surface area contributed by atoms with Crippen LogP contribution in [0.15, 0.2) is 41.3 Å². The van der Waals surface area contributed by atoms with Crippen molar-refractivity contribution in [3.8, 4) is 22.8 Å². The lowest BCUT2D eigenvalue weighted by molar-refractivity contribution is 0.356. The first-order valence-corrected chi connectivity index (χ1v) is 7.01. The van der Waals surface area contributed by atoms with Gasteiger partial charge in [-0.15, -0.1) is 5.10 Å². The van der Waals surface area contributed by atoms with E-state index in [4.69, 9.17) is 9.47 Å². The van der Waals surface area contributed by atoms with E-state index in [0.717, 1.165) is 26.6 Å². The Morgan fingerprint density at radius 1 is 1.05 bits per heavy atom. The van der Waals surface area contributed by atoms with Gasteiger partial charge >= 0.3 is 0 Å². The van der Waals surface area contributed by atoms with Gasteiger partial charge in [0, 0.05) is 22.5 Å². The second-order valence-corrected chi connectivity index (χ2v) is 5.17. The van der Waals surface area contributed by atoms with Crippen LogP contribution in [-0.4, -0.2) is 29.4 Å². The van der Waals surface area contributed by atoms with Crippen LogP contribution in [0.4, 0.5) is 0 Å². The molecule has 3 aromatic rings. The molecule has 2 heterocycles. The molecule has 3 rings (SSSR count). The monoisotopic (exact) mass is 345 g/mol. The van der Waals surface area contributed by atoms with Crippen molar-refractivity contribution >= 4 is 26.7 Å². The quantitative estimate of drug-likeness (QED) is 0.680. The molecule has 0 N–H and O–H groups in total. The van der Waals surface area contributed by atoms with Crippen molar-refractivity contribution in [3.05, 3.63) is 41.3 Å². The summed E-state index contributed by atoms with van der Waals surface area (Å²) in [5.41, 5.74) is 1.71. The number of hydrogen-bond donors (Lipinski definition) is 0. The summed E-state index contributed by atoms with van der Waals surface area (Å²) in [6.45, 7) is 0. The highest BCUT2D eigenvalue weighted by Gasteiger charge is 2.12. The third-order valence-corrected chi connectivity index (χ3v) is 3.60. The molecule has 0 atom stereocenters. The van der Waals surface area contributed by atoms with E-state index in [1.165, 1.54) is 0 Å². The number of pyridine rings is 1. The van der Waals surface area contributed by atoms with Crippen molar-refractivity contribution in [2.24, 2.45) is 0 Å². The maximum absolute atomic E-state index is 5.36. The van der Waals surface area contributed by atoms with Gasteiger partial charge in [-0.3, -0.25) is 0 Å². The lowest BCUT2D eigenvalue weighted by Crippen LogP contribution is -1.94. The third kappa shape index (κ3) is 2.54. The first-order chi connectivity index (χ1) is 10.2. The number of nitrogens with zero attached hydrogens (tertiary/aromatic N) is 3. The lowest BCUT2D eigenvalue weighted by Gasteiger charge is -2.11. The zero-order chi connectivity index (χ0) is 14.8. The Kier molecular flexibility index (Phi) is 3.70. The van der Waals surface area contributed by atoms with Crippen molar-refractivity contribution in [3.63, 3.8) is 0 Å². The van der Waals surface area contributed by atoms with Crippen LogP contribution in [0.1, 0.15) is 0 Å². The van der Waals surface area contributed by atoms with Crippen LogP contribution in [-0.2, 0) is 0 Å². The molecule has 6 heteroatoms. The van der Waals surface area contributed by atoms with Gasteiger partial charge in [0.2, 0.25) is 0 Å². The molecule has 21 heavy (non-hydrogen) atoms. The van der Waals surface area contributed by atoms with Gasteiger partial charge in [0.25, 0.3) is 0 Å². The normalized spacial score (nSPS) is 10.6. The molecule has 0 aliphatic rings. The molecule has 0 spiro atoms. The van der Waals surface area contributed by atoms with Crippen LogP contribution in [0.2, 0.25) is 0 Å². The van der Waals surface area contributed by atoms with Gasteiger partial charge in [-0.2, -0.15) is 5.10 Å². The summed E-state index contributed by atoms with van der Waals surface area (Å²) < 4.78 is 11.4. The molecule has 0 saturated carbocycles. The van der Waals surface area contributed by atoms with Gasteiger partial charge in [0.15, 0.2) is 11.5 Å². The molecule has 0 saturated heterocycles. The van der Waals surface area contributed by atoms with Crippen LogP contribution >= 0.6 is 15.9 Å². The predicted octanol–water partition coefficient (Wildman–Crippen LogP) is 3.47. The first-order valence-electron chi connectivity index (χ1n) is 6.22. The smallest absolute Gasteiger partial charge is 0.161 e. The summed E-state index contributed by atoms with van der Waals surface area (Å²) >= 11 is 3.37. The fourth-order valence-electron chi connectivity index (χ4n) is 2.17. The molecule has 2 aromatic heterocycles. The molecule has 0 amide bonds. The standard InChI is InChI=1S/C15H12BrN3O2/c1-20-12-5-10-8-18-19-15(11(10)7-13(12)21-2)9-3-4-17-14(16)6-9/h3-8H,1-2H3. The fourth-order valence-corrected chi connectivity index (χ4v) is 2.54. The van der Waals surface area contributed by atoms with Gasteiger partial charge in [0.1, 0.15) is 10.3 Å². The van der Waals surface area contributed by atoms with Crippen molar-refractivity contribution in [2.75, 3.05) is 14.2 Å². The number of hydrogen-bond acceptors (Lipinski definition) is 5. The number of fused-ring (bicyclic) bond motifs is 1. The van der Waals surface area contributed by atoms with Crippen LogP contribution in [0.5, 0.6) is 11.5 Å². The summed E-state index contributed by atoms with van der Waals surface area (Å²) in [7, 11) is 3.22. The van der Waals surface area contributed by atoms with Crippen LogP contribution in [0.3, 0.4) is 0 Å². The highest BCUT2D eigenvalue weighted by molar-refractivity contribution is 9.10. The van der Waals surface area contributed by atoms with Gasteiger partial charge in [0.05, 0.1) is 20.4 Å². The number of rotatable bonds is 3. The lowest BCUT2D eigenvalue weighted by atomic mass is 10.1. The van der Waals surface area contributed by atoms with E-state index in [1.54, 1.807) is 26.6 Å². The molecule has 0 radical (unpaired) electrons. The highest BCUT2D eigenvalue weighted by atomic mass is 79.9. The highest BCUT2D eigenvalue weighted by Crippen LogP contribution is 2.35. The number of halogens is 1. The van der Waals surface area contributed by atoms with E-state index in [9.17, 15) is 0 Å². The molecule has 0 unspecified atom stereocenters. The van der Waals surface area contributed by atoms with Gasteiger partial charge in [-0.05, 0) is 40.2 Å². The molecule has 0 bridgehead atoms. The van der Waals surface area contributed by atoms with E-state index in [0.29, 0.717) is 11.5 Å². The Balaban J connectivity index is 2.28. The number of ether oxygens (including phenoxy) is 2. The minimum atomic E-state index is 0.660. The Morgan fingerprint density at radius 2 is 1.81 bits per heavy atom. The Labute approximate surface area is 130 Å². The van der Waals surface area contributed by atoms with Crippen molar-refractivity contribution < 1.29 is 9.47 Å². The average molecular weight is 346 g/mol. The van der Waals surface area contributed by atoms with E-state index in [-0.39, 0.29) is 0 Å². The maximum Gasteiger partial charge on any atom is 0.161 e. The molecule has 106 valence electrons. The number of methoxy groups -OCH3 is 2. The van der Waals surface area contributed by atoms with E-state index in [2.05, 4.69) is 31.1 Å². The Bertz CT molecular complexity index is 808. The average Bonchev–Trinajstić information content (AvgIpc) is 2.52. The van der Waals surface area contributed by atoms with E-state index >= 15 is 0 Å². The summed E-state index contributed by atoms with van der Waals surface area (Å²) in [6, 6.07) is 7.60. The Morgan fingerprint density at radius 3 is 2.52 bits per heavy atom. The second kappa shape index (κ2) is 5.65. The minimum Gasteiger partial charge on any atom is -0.493 e. The number of benzene rings is 1. The van der Waals surface area contributed by atoms with Crippen LogP contribution in [0.25, 0.3) is 22.0 Å². The molecule has 5 nitrogen and oxygen atoms in total. The third-order valence-electron chi connectivity index (χ3n) is 3.17. The van der Waals surface area contributed by atoms with Crippen molar-refractivity contribution in [2.45, 2.75) is 0 Å². The van der Waals surface area contributed by atoms with E-state index in [1.807, 2.05) is 24.3 Å². The van der Waals surface area contributed by atoms with Gasteiger partial charge in [-0.1, -0.05) is 0 Å². The minimum absolute atomic E-state index is 0.660. The molecule has 0 aliphatic heterocycles. The van der Waals surface area contributed by atoms with Crippen molar-refractivity contribution in [1.29, 1.82) is 0 Å². The summed E-state index contributed by atoms with van der Waals surface area (Å²) in [5, 5.41) is 10.2. The fraction of sp³-hybridized carbons (Fsp3) is 0.133. The Hall–Kier alpha value is -2.21.